The average Bonchev–Trinajstić information content (AvgIpc) is 2.56. The highest BCUT2D eigenvalue weighted by atomic mass is 79.9. The minimum Gasteiger partial charge on any atom is -0.382 e. The number of nitrogens with two attached hydrogens (primary N) is 1. The van der Waals surface area contributed by atoms with Gasteiger partial charge in [-0.2, -0.15) is 5.10 Å². The molecule has 4 nitrogen and oxygen atoms in total. The molecule has 2 rings (SSSR count). The van der Waals surface area contributed by atoms with Crippen molar-refractivity contribution in [1.29, 1.82) is 0 Å². The summed E-state index contributed by atoms with van der Waals surface area (Å²) >= 11 is 9.05. The van der Waals surface area contributed by atoms with Gasteiger partial charge in [-0.3, -0.25) is 0 Å². The number of anilines is 1. The summed E-state index contributed by atoms with van der Waals surface area (Å²) in [5, 5.41) is 4.59. The van der Waals surface area contributed by atoms with Crippen LogP contribution >= 0.6 is 27.5 Å². The molecule has 2 aromatic rings. The van der Waals surface area contributed by atoms with Gasteiger partial charge in [-0.05, 0) is 22.0 Å². The lowest BCUT2D eigenvalue weighted by Crippen LogP contribution is -2.01. The van der Waals surface area contributed by atoms with Crippen LogP contribution in [0.25, 0.3) is 5.69 Å². The Bertz CT molecular complexity index is 468. The fourth-order valence-electron chi connectivity index (χ4n) is 1.06. The maximum absolute atomic E-state index is 5.75. The van der Waals surface area contributed by atoms with Crippen LogP contribution in [0.1, 0.15) is 0 Å². The van der Waals surface area contributed by atoms with Crippen LogP contribution in [0.4, 0.5) is 5.82 Å². The van der Waals surface area contributed by atoms with Crippen molar-refractivity contribution in [2.75, 3.05) is 5.73 Å². The standard InChI is InChI=1S/C8H6BrClN4/c9-5-1-7(8(11)12-2-5)14-4-6(10)3-13-14/h1-4H,(H2,11,12). The number of nitrogen functional groups attached to an aromatic ring is 1. The van der Waals surface area contributed by atoms with Crippen molar-refractivity contribution in [2.24, 2.45) is 0 Å². The monoisotopic (exact) mass is 272 g/mol. The van der Waals surface area contributed by atoms with E-state index in [4.69, 9.17) is 17.3 Å². The van der Waals surface area contributed by atoms with E-state index in [9.17, 15) is 0 Å². The molecule has 0 aliphatic rings. The third-order valence-electron chi connectivity index (χ3n) is 1.66. The van der Waals surface area contributed by atoms with E-state index in [0.717, 1.165) is 4.47 Å². The predicted octanol–water partition coefficient (Wildman–Crippen LogP) is 2.27. The van der Waals surface area contributed by atoms with Crippen molar-refractivity contribution in [3.05, 3.63) is 34.2 Å². The Balaban J connectivity index is 2.55. The molecule has 0 atom stereocenters. The number of hydrogen-bond donors (Lipinski definition) is 1. The fourth-order valence-corrected chi connectivity index (χ4v) is 1.51. The lowest BCUT2D eigenvalue weighted by Gasteiger charge is -2.04. The van der Waals surface area contributed by atoms with E-state index in [1.165, 1.54) is 0 Å². The molecule has 0 fully saturated rings. The van der Waals surface area contributed by atoms with Crippen molar-refractivity contribution in [2.45, 2.75) is 0 Å². The smallest absolute Gasteiger partial charge is 0.149 e. The normalized spacial score (nSPS) is 10.4. The van der Waals surface area contributed by atoms with Gasteiger partial charge in [0, 0.05) is 16.9 Å². The van der Waals surface area contributed by atoms with Crippen LogP contribution in [0.15, 0.2) is 29.1 Å². The minimum atomic E-state index is 0.410. The summed E-state index contributed by atoms with van der Waals surface area (Å²) in [6.07, 6.45) is 4.84. The molecule has 0 radical (unpaired) electrons. The highest BCUT2D eigenvalue weighted by Gasteiger charge is 2.05. The van der Waals surface area contributed by atoms with Gasteiger partial charge >= 0.3 is 0 Å². The van der Waals surface area contributed by atoms with Gasteiger partial charge in [0.25, 0.3) is 0 Å². The molecule has 0 bridgehead atoms. The number of halogens is 2. The number of aromatic nitrogens is 3. The van der Waals surface area contributed by atoms with Crippen molar-refractivity contribution < 1.29 is 0 Å². The van der Waals surface area contributed by atoms with Gasteiger partial charge in [0.2, 0.25) is 0 Å². The Hall–Kier alpha value is -1.07. The quantitative estimate of drug-likeness (QED) is 0.867. The van der Waals surface area contributed by atoms with Crippen molar-refractivity contribution in [1.82, 2.24) is 14.8 Å². The van der Waals surface area contributed by atoms with Crippen LogP contribution in [0, 0.1) is 0 Å². The SMILES string of the molecule is Nc1ncc(Br)cc1-n1cc(Cl)cn1. The van der Waals surface area contributed by atoms with Crippen LogP contribution in [-0.4, -0.2) is 14.8 Å². The average molecular weight is 274 g/mol. The molecule has 6 heteroatoms. The summed E-state index contributed by atoms with van der Waals surface area (Å²) in [6.45, 7) is 0. The molecule has 0 saturated heterocycles. The molecule has 2 heterocycles. The highest BCUT2D eigenvalue weighted by Crippen LogP contribution is 2.20. The van der Waals surface area contributed by atoms with Crippen LogP contribution in [-0.2, 0) is 0 Å². The first-order valence-electron chi connectivity index (χ1n) is 3.78. The third kappa shape index (κ3) is 1.73. The van der Waals surface area contributed by atoms with E-state index in [-0.39, 0.29) is 0 Å². The van der Waals surface area contributed by atoms with E-state index in [0.29, 0.717) is 16.5 Å². The second-order valence-corrected chi connectivity index (χ2v) is 4.01. The number of nitrogens with zero attached hydrogens (tertiary/aromatic N) is 3. The summed E-state index contributed by atoms with van der Waals surface area (Å²) in [5.74, 6) is 0.410. The molecule has 14 heavy (non-hydrogen) atoms. The molecule has 0 aromatic carbocycles. The largest absolute Gasteiger partial charge is 0.382 e. The van der Waals surface area contributed by atoms with Gasteiger partial charge in [-0.1, -0.05) is 11.6 Å². The van der Waals surface area contributed by atoms with E-state index in [1.54, 1.807) is 23.3 Å². The predicted molar refractivity (Wildman–Crippen MR) is 58.5 cm³/mol. The Morgan fingerprint density at radius 1 is 1.43 bits per heavy atom. The van der Waals surface area contributed by atoms with Gasteiger partial charge in [-0.15, -0.1) is 0 Å². The Labute approximate surface area is 93.8 Å². The molecule has 2 aromatic heterocycles. The lowest BCUT2D eigenvalue weighted by atomic mass is 10.4. The summed E-state index contributed by atoms with van der Waals surface area (Å²) in [5.41, 5.74) is 6.40. The van der Waals surface area contributed by atoms with Crippen molar-refractivity contribution in [3.8, 4) is 5.69 Å². The lowest BCUT2D eigenvalue weighted by molar-refractivity contribution is 0.876. The van der Waals surface area contributed by atoms with Gasteiger partial charge in [-0.25, -0.2) is 9.67 Å². The van der Waals surface area contributed by atoms with Gasteiger partial charge in [0.05, 0.1) is 11.2 Å². The zero-order valence-electron chi connectivity index (χ0n) is 6.98. The molecule has 0 unspecified atom stereocenters. The zero-order chi connectivity index (χ0) is 10.1. The maximum Gasteiger partial charge on any atom is 0.149 e. The Kier molecular flexibility index (Phi) is 2.43. The molecule has 2 N–H and O–H groups in total. The third-order valence-corrected chi connectivity index (χ3v) is 2.29. The zero-order valence-corrected chi connectivity index (χ0v) is 9.33. The van der Waals surface area contributed by atoms with Gasteiger partial charge < -0.3 is 5.73 Å². The molecule has 0 saturated carbocycles. The first-order valence-corrected chi connectivity index (χ1v) is 4.95. The maximum atomic E-state index is 5.75. The van der Waals surface area contributed by atoms with Crippen molar-refractivity contribution >= 4 is 33.3 Å². The van der Waals surface area contributed by atoms with E-state index >= 15 is 0 Å². The molecule has 0 aliphatic heterocycles. The van der Waals surface area contributed by atoms with Crippen LogP contribution < -0.4 is 5.73 Å². The Morgan fingerprint density at radius 2 is 2.21 bits per heavy atom. The first kappa shape index (κ1) is 9.48. The minimum absolute atomic E-state index is 0.410. The van der Waals surface area contributed by atoms with E-state index in [2.05, 4.69) is 26.0 Å². The van der Waals surface area contributed by atoms with Crippen LogP contribution in [0.3, 0.4) is 0 Å². The molecule has 72 valence electrons. The fraction of sp³-hybridized carbons (Fsp3) is 0. The molecular formula is C8H6BrClN4. The number of pyridine rings is 1. The molecule has 0 aliphatic carbocycles. The van der Waals surface area contributed by atoms with Crippen LogP contribution in [0.5, 0.6) is 0 Å². The van der Waals surface area contributed by atoms with E-state index < -0.39 is 0 Å². The Morgan fingerprint density at radius 3 is 2.86 bits per heavy atom. The second kappa shape index (κ2) is 3.59. The molecule has 0 spiro atoms. The topological polar surface area (TPSA) is 56.7 Å². The first-order chi connectivity index (χ1) is 6.66. The highest BCUT2D eigenvalue weighted by molar-refractivity contribution is 9.10. The summed E-state index contributed by atoms with van der Waals surface area (Å²) < 4.78 is 2.42. The second-order valence-electron chi connectivity index (χ2n) is 2.66. The molecule has 0 amide bonds. The van der Waals surface area contributed by atoms with Crippen LogP contribution in [0.2, 0.25) is 5.02 Å². The summed E-state index contributed by atoms with van der Waals surface area (Å²) in [6, 6.07) is 1.83. The number of hydrogen-bond acceptors (Lipinski definition) is 3. The summed E-state index contributed by atoms with van der Waals surface area (Å²) in [7, 11) is 0. The van der Waals surface area contributed by atoms with E-state index in [1.807, 2.05) is 6.07 Å². The van der Waals surface area contributed by atoms with Crippen molar-refractivity contribution in [3.63, 3.8) is 0 Å². The van der Waals surface area contributed by atoms with Gasteiger partial charge in [0.1, 0.15) is 11.5 Å². The molecular weight excluding hydrogens is 267 g/mol. The summed E-state index contributed by atoms with van der Waals surface area (Å²) in [4.78, 5) is 3.99. The van der Waals surface area contributed by atoms with Gasteiger partial charge in [0.15, 0.2) is 0 Å². The number of rotatable bonds is 1.